The van der Waals surface area contributed by atoms with E-state index in [0.29, 0.717) is 34.2 Å². The van der Waals surface area contributed by atoms with Crippen LogP contribution in [-0.2, 0) is 4.79 Å². The minimum atomic E-state index is -0.465. The molecule has 8 nitrogen and oxygen atoms in total. The van der Waals surface area contributed by atoms with Crippen molar-refractivity contribution in [3.63, 3.8) is 0 Å². The highest BCUT2D eigenvalue weighted by Crippen LogP contribution is 2.38. The second-order valence-electron chi connectivity index (χ2n) is 8.24. The van der Waals surface area contributed by atoms with Crippen LogP contribution in [0, 0.1) is 10.1 Å². The fourth-order valence-electron chi connectivity index (χ4n) is 4.50. The molecule has 1 unspecified atom stereocenters. The van der Waals surface area contributed by atoms with Crippen LogP contribution in [0.25, 0.3) is 22.0 Å². The van der Waals surface area contributed by atoms with Gasteiger partial charge in [0, 0.05) is 46.4 Å². The van der Waals surface area contributed by atoms with Crippen molar-refractivity contribution >= 4 is 44.1 Å². The number of H-pyrrole nitrogens is 1. The first kappa shape index (κ1) is 22.7. The van der Waals surface area contributed by atoms with Crippen LogP contribution in [0.2, 0.25) is 0 Å². The zero-order valence-electron chi connectivity index (χ0n) is 18.6. The molecule has 0 bridgehead atoms. The van der Waals surface area contributed by atoms with Crippen LogP contribution >= 0.6 is 15.9 Å². The number of nitrogens with one attached hydrogen (secondary N) is 1. The molecule has 0 radical (unpaired) electrons. The van der Waals surface area contributed by atoms with Gasteiger partial charge in [0.2, 0.25) is 5.91 Å². The Morgan fingerprint density at radius 1 is 1.09 bits per heavy atom. The molecule has 35 heavy (non-hydrogen) atoms. The molecule has 9 heteroatoms. The van der Waals surface area contributed by atoms with Gasteiger partial charge in [0.1, 0.15) is 0 Å². The van der Waals surface area contributed by atoms with Gasteiger partial charge in [-0.3, -0.25) is 19.7 Å². The monoisotopic (exact) mass is 530 g/mol. The molecule has 0 fully saturated rings. The van der Waals surface area contributed by atoms with Gasteiger partial charge < -0.3 is 4.98 Å². The molecule has 0 aliphatic carbocycles. The lowest BCUT2D eigenvalue weighted by Gasteiger charge is -2.20. The number of non-ortho nitro benzene ring substituents is 1. The van der Waals surface area contributed by atoms with E-state index in [4.69, 9.17) is 0 Å². The highest BCUT2D eigenvalue weighted by Gasteiger charge is 2.34. The number of nitrogens with zero attached hydrogens (tertiary/aromatic N) is 3. The highest BCUT2D eigenvalue weighted by atomic mass is 79.9. The summed E-state index contributed by atoms with van der Waals surface area (Å²) in [5.74, 6) is -0.251. The summed E-state index contributed by atoms with van der Waals surface area (Å²) < 4.78 is 0.868. The van der Waals surface area contributed by atoms with Crippen LogP contribution < -0.4 is 5.56 Å². The lowest BCUT2D eigenvalue weighted by atomic mass is 9.91. The van der Waals surface area contributed by atoms with Crippen LogP contribution in [0.5, 0.6) is 0 Å². The molecule has 0 spiro atoms. The Balaban J connectivity index is 1.76. The average molecular weight is 531 g/mol. The van der Waals surface area contributed by atoms with E-state index < -0.39 is 4.92 Å². The van der Waals surface area contributed by atoms with E-state index in [0.717, 1.165) is 15.6 Å². The van der Waals surface area contributed by atoms with Gasteiger partial charge in [-0.2, -0.15) is 5.10 Å². The summed E-state index contributed by atoms with van der Waals surface area (Å²) in [7, 11) is 0. The third-order valence-electron chi connectivity index (χ3n) is 6.03. The maximum atomic E-state index is 13.4. The number of rotatable bonds is 4. The third-order valence-corrected chi connectivity index (χ3v) is 6.52. The van der Waals surface area contributed by atoms with Crippen molar-refractivity contribution in [2.24, 2.45) is 5.10 Å². The number of aromatic amines is 1. The predicted molar refractivity (Wildman–Crippen MR) is 137 cm³/mol. The standard InChI is InChI=1S/C26H19BrN4O4/c1-15(32)30-23(17-8-5-9-18(27)12-17)14-22(29-30)25-24(16-6-3-2-4-7-16)20-13-19(31(34)35)10-11-21(20)28-26(25)33/h2-13,23H,14H2,1H3,(H,28,33). The Morgan fingerprint density at radius 2 is 1.86 bits per heavy atom. The summed E-state index contributed by atoms with van der Waals surface area (Å²) >= 11 is 3.47. The number of amides is 1. The topological polar surface area (TPSA) is 109 Å². The van der Waals surface area contributed by atoms with E-state index in [9.17, 15) is 19.7 Å². The quantitative estimate of drug-likeness (QED) is 0.275. The molecule has 1 amide bonds. The van der Waals surface area contributed by atoms with Crippen LogP contribution in [-0.4, -0.2) is 26.5 Å². The van der Waals surface area contributed by atoms with Crippen molar-refractivity contribution in [1.29, 1.82) is 0 Å². The number of pyridine rings is 1. The first-order valence-corrected chi connectivity index (χ1v) is 11.7. The number of halogens is 1. The predicted octanol–water partition coefficient (Wildman–Crippen LogP) is 5.56. The lowest BCUT2D eigenvalue weighted by Crippen LogP contribution is -2.24. The van der Waals surface area contributed by atoms with Gasteiger partial charge in [0.25, 0.3) is 11.2 Å². The second-order valence-corrected chi connectivity index (χ2v) is 9.16. The SMILES string of the molecule is CC(=O)N1N=C(c2c(-c3ccccc3)c3cc([N+](=O)[O-])ccc3[nH]c2=O)CC1c1cccc(Br)c1. The summed E-state index contributed by atoms with van der Waals surface area (Å²) in [5.41, 5.74) is 2.91. The minimum absolute atomic E-state index is 0.0848. The van der Waals surface area contributed by atoms with E-state index in [-0.39, 0.29) is 23.2 Å². The Kier molecular flexibility index (Phi) is 5.78. The van der Waals surface area contributed by atoms with Gasteiger partial charge in [0.05, 0.1) is 22.2 Å². The Morgan fingerprint density at radius 3 is 2.54 bits per heavy atom. The van der Waals surface area contributed by atoms with E-state index in [1.54, 1.807) is 0 Å². The fourth-order valence-corrected chi connectivity index (χ4v) is 4.92. The van der Waals surface area contributed by atoms with Gasteiger partial charge in [-0.15, -0.1) is 0 Å². The summed E-state index contributed by atoms with van der Waals surface area (Å²) in [6, 6.07) is 20.8. The number of carbonyl (C=O) groups excluding carboxylic acids is 1. The molecule has 174 valence electrons. The number of nitro benzene ring substituents is 1. The first-order chi connectivity index (χ1) is 16.8. The van der Waals surface area contributed by atoms with Gasteiger partial charge in [-0.25, -0.2) is 5.01 Å². The molecule has 3 aromatic carbocycles. The summed E-state index contributed by atoms with van der Waals surface area (Å²) in [5, 5.41) is 18.0. The molecule has 1 N–H and O–H groups in total. The molecule has 0 saturated carbocycles. The molecular formula is C26H19BrN4O4. The van der Waals surface area contributed by atoms with Crippen molar-refractivity contribution in [3.8, 4) is 11.1 Å². The van der Waals surface area contributed by atoms with Crippen molar-refractivity contribution in [1.82, 2.24) is 9.99 Å². The van der Waals surface area contributed by atoms with Crippen molar-refractivity contribution < 1.29 is 9.72 Å². The maximum Gasteiger partial charge on any atom is 0.270 e. The number of hydrazone groups is 1. The molecule has 5 rings (SSSR count). The smallest absolute Gasteiger partial charge is 0.270 e. The lowest BCUT2D eigenvalue weighted by molar-refractivity contribution is -0.384. The van der Waals surface area contributed by atoms with E-state index in [1.165, 1.54) is 30.1 Å². The largest absolute Gasteiger partial charge is 0.321 e. The molecule has 1 aliphatic heterocycles. The van der Waals surface area contributed by atoms with Gasteiger partial charge in [0.15, 0.2) is 0 Å². The first-order valence-electron chi connectivity index (χ1n) is 10.9. The van der Waals surface area contributed by atoms with E-state index in [2.05, 4.69) is 26.0 Å². The van der Waals surface area contributed by atoms with Crippen molar-refractivity contribution in [2.75, 3.05) is 0 Å². The fraction of sp³-hybridized carbons (Fsp3) is 0.115. The van der Waals surface area contributed by atoms with Crippen LogP contribution in [0.15, 0.2) is 87.2 Å². The number of benzene rings is 3. The normalized spacial score (nSPS) is 15.3. The van der Waals surface area contributed by atoms with Gasteiger partial charge in [-0.05, 0) is 29.3 Å². The van der Waals surface area contributed by atoms with Crippen molar-refractivity contribution in [2.45, 2.75) is 19.4 Å². The zero-order valence-corrected chi connectivity index (χ0v) is 20.2. The van der Waals surface area contributed by atoms with Gasteiger partial charge in [-0.1, -0.05) is 58.4 Å². The average Bonchev–Trinajstić information content (AvgIpc) is 3.29. The third kappa shape index (κ3) is 4.15. The number of fused-ring (bicyclic) bond motifs is 1. The molecule has 0 saturated heterocycles. The zero-order chi connectivity index (χ0) is 24.7. The molecule has 1 aromatic heterocycles. The number of hydrogen-bond acceptors (Lipinski definition) is 5. The Bertz CT molecular complexity index is 1580. The van der Waals surface area contributed by atoms with E-state index in [1.807, 2.05) is 54.6 Å². The number of aromatic nitrogens is 1. The van der Waals surface area contributed by atoms with Crippen LogP contribution in [0.3, 0.4) is 0 Å². The molecule has 1 atom stereocenters. The maximum absolute atomic E-state index is 13.4. The summed E-state index contributed by atoms with van der Waals surface area (Å²) in [4.78, 5) is 39.8. The molecule has 4 aromatic rings. The molecule has 1 aliphatic rings. The van der Waals surface area contributed by atoms with Gasteiger partial charge >= 0.3 is 0 Å². The number of carbonyl (C=O) groups is 1. The van der Waals surface area contributed by atoms with Crippen LogP contribution in [0.4, 0.5) is 5.69 Å². The van der Waals surface area contributed by atoms with E-state index >= 15 is 0 Å². The number of hydrogen-bond donors (Lipinski definition) is 1. The second kappa shape index (κ2) is 8.92. The Hall–Kier alpha value is -4.11. The minimum Gasteiger partial charge on any atom is -0.321 e. The van der Waals surface area contributed by atoms with Crippen LogP contribution in [0.1, 0.15) is 30.5 Å². The molecular weight excluding hydrogens is 512 g/mol. The number of nitro groups is 1. The highest BCUT2D eigenvalue weighted by molar-refractivity contribution is 9.10. The summed E-state index contributed by atoms with van der Waals surface area (Å²) in [6.45, 7) is 1.43. The molecule has 2 heterocycles. The summed E-state index contributed by atoms with van der Waals surface area (Å²) in [6.07, 6.45) is 0.319. The van der Waals surface area contributed by atoms with Crippen molar-refractivity contribution in [3.05, 3.63) is 109 Å². The Labute approximate surface area is 208 Å².